The van der Waals surface area contributed by atoms with E-state index in [2.05, 4.69) is 12.1 Å². The van der Waals surface area contributed by atoms with Crippen molar-refractivity contribution in [2.45, 2.75) is 6.61 Å². The first-order chi connectivity index (χ1) is 9.31. The average molecular weight is 252 g/mol. The van der Waals surface area contributed by atoms with Gasteiger partial charge in [-0.05, 0) is 40.6 Å². The van der Waals surface area contributed by atoms with Crippen LogP contribution in [-0.4, -0.2) is 0 Å². The maximum Gasteiger partial charge on any atom is 0.123 e. The van der Waals surface area contributed by atoms with Crippen LogP contribution in [-0.2, 0) is 6.61 Å². The van der Waals surface area contributed by atoms with E-state index in [0.29, 0.717) is 6.61 Å². The summed E-state index contributed by atoms with van der Waals surface area (Å²) in [5, 5.41) is 2.34. The normalized spacial score (nSPS) is 10.6. The van der Waals surface area contributed by atoms with Crippen LogP contribution < -0.4 is 4.74 Å². The van der Waals surface area contributed by atoms with Crippen LogP contribution in [0.15, 0.2) is 66.7 Å². The summed E-state index contributed by atoms with van der Waals surface area (Å²) in [5.74, 6) is 0.595. The zero-order valence-corrected chi connectivity index (χ0v) is 10.3. The largest absolute Gasteiger partial charge is 0.489 e. The van der Waals surface area contributed by atoms with Crippen LogP contribution in [0.25, 0.3) is 10.8 Å². The van der Waals surface area contributed by atoms with E-state index in [1.54, 1.807) is 12.1 Å². The van der Waals surface area contributed by atoms with Gasteiger partial charge in [-0.15, -0.1) is 0 Å². The lowest BCUT2D eigenvalue weighted by Crippen LogP contribution is -1.95. The molecule has 19 heavy (non-hydrogen) atoms. The first-order valence-corrected chi connectivity index (χ1v) is 6.17. The molecular weight excluding hydrogens is 239 g/mol. The van der Waals surface area contributed by atoms with Crippen molar-refractivity contribution in [3.63, 3.8) is 0 Å². The minimum Gasteiger partial charge on any atom is -0.489 e. The summed E-state index contributed by atoms with van der Waals surface area (Å²) in [6.45, 7) is 0.443. The molecule has 0 aliphatic rings. The summed E-state index contributed by atoms with van der Waals surface area (Å²) in [6.07, 6.45) is 0. The van der Waals surface area contributed by atoms with Crippen LogP contribution in [0.4, 0.5) is 4.39 Å². The number of rotatable bonds is 3. The van der Waals surface area contributed by atoms with Crippen LogP contribution in [0.1, 0.15) is 5.56 Å². The summed E-state index contributed by atoms with van der Waals surface area (Å²) in [5.41, 5.74) is 0.953. The van der Waals surface area contributed by atoms with Gasteiger partial charge in [-0.1, -0.05) is 42.5 Å². The molecule has 0 atom stereocenters. The van der Waals surface area contributed by atoms with E-state index < -0.39 is 0 Å². The van der Waals surface area contributed by atoms with Gasteiger partial charge in [0.2, 0.25) is 0 Å². The molecule has 0 unspecified atom stereocenters. The summed E-state index contributed by atoms with van der Waals surface area (Å²) < 4.78 is 18.5. The molecule has 0 saturated heterocycles. The minimum absolute atomic E-state index is 0.227. The molecule has 2 heteroatoms. The molecule has 0 N–H and O–H groups in total. The number of hydrogen-bond donors (Lipinski definition) is 0. The van der Waals surface area contributed by atoms with Gasteiger partial charge in [0, 0.05) is 0 Å². The standard InChI is InChI=1S/C17H13FO/c18-16-8-5-13(6-9-16)12-19-17-10-7-14-3-1-2-4-15(14)11-17/h1-11H,12H2. The van der Waals surface area contributed by atoms with E-state index in [4.69, 9.17) is 4.74 Å². The molecule has 0 saturated carbocycles. The molecule has 0 fully saturated rings. The van der Waals surface area contributed by atoms with Gasteiger partial charge in [0.05, 0.1) is 0 Å². The molecule has 3 aromatic rings. The van der Waals surface area contributed by atoms with Crippen LogP contribution >= 0.6 is 0 Å². The van der Waals surface area contributed by atoms with Crippen LogP contribution in [0, 0.1) is 5.82 Å². The highest BCUT2D eigenvalue weighted by atomic mass is 19.1. The van der Waals surface area contributed by atoms with Crippen LogP contribution in [0.5, 0.6) is 5.75 Å². The zero-order valence-electron chi connectivity index (χ0n) is 10.3. The Morgan fingerprint density at radius 3 is 2.32 bits per heavy atom. The monoisotopic (exact) mass is 252 g/mol. The quantitative estimate of drug-likeness (QED) is 0.664. The fraction of sp³-hybridized carbons (Fsp3) is 0.0588. The van der Waals surface area contributed by atoms with E-state index in [1.807, 2.05) is 30.3 Å². The smallest absolute Gasteiger partial charge is 0.123 e. The molecule has 0 aliphatic heterocycles. The maximum absolute atomic E-state index is 12.8. The predicted molar refractivity (Wildman–Crippen MR) is 74.7 cm³/mol. The second kappa shape index (κ2) is 5.11. The van der Waals surface area contributed by atoms with Gasteiger partial charge in [-0.3, -0.25) is 0 Å². The number of benzene rings is 3. The molecule has 3 rings (SSSR count). The zero-order chi connectivity index (χ0) is 13.1. The van der Waals surface area contributed by atoms with Gasteiger partial charge in [0.1, 0.15) is 18.2 Å². The lowest BCUT2D eigenvalue weighted by atomic mass is 10.1. The van der Waals surface area contributed by atoms with Crippen molar-refractivity contribution in [2.24, 2.45) is 0 Å². The summed E-state index contributed by atoms with van der Waals surface area (Å²) in [4.78, 5) is 0. The van der Waals surface area contributed by atoms with Crippen molar-refractivity contribution in [1.29, 1.82) is 0 Å². The van der Waals surface area contributed by atoms with Gasteiger partial charge >= 0.3 is 0 Å². The minimum atomic E-state index is -0.227. The predicted octanol–water partition coefficient (Wildman–Crippen LogP) is 4.56. The van der Waals surface area contributed by atoms with Gasteiger partial charge in [0.25, 0.3) is 0 Å². The van der Waals surface area contributed by atoms with Gasteiger partial charge in [-0.25, -0.2) is 4.39 Å². The van der Waals surface area contributed by atoms with Crippen molar-refractivity contribution in [1.82, 2.24) is 0 Å². The lowest BCUT2D eigenvalue weighted by Gasteiger charge is -2.07. The third-order valence-electron chi connectivity index (χ3n) is 3.04. The van der Waals surface area contributed by atoms with E-state index in [1.165, 1.54) is 17.5 Å². The average Bonchev–Trinajstić information content (AvgIpc) is 2.46. The van der Waals surface area contributed by atoms with Crippen LogP contribution in [0.2, 0.25) is 0 Å². The van der Waals surface area contributed by atoms with E-state index in [9.17, 15) is 4.39 Å². The van der Waals surface area contributed by atoms with Gasteiger partial charge in [-0.2, -0.15) is 0 Å². The number of halogens is 1. The molecule has 0 heterocycles. The Balaban J connectivity index is 1.76. The van der Waals surface area contributed by atoms with Crippen molar-refractivity contribution in [2.75, 3.05) is 0 Å². The third kappa shape index (κ3) is 2.74. The second-order valence-corrected chi connectivity index (χ2v) is 4.42. The fourth-order valence-electron chi connectivity index (χ4n) is 2.00. The first kappa shape index (κ1) is 11.7. The van der Waals surface area contributed by atoms with Crippen molar-refractivity contribution < 1.29 is 9.13 Å². The maximum atomic E-state index is 12.8. The molecule has 0 spiro atoms. The fourth-order valence-corrected chi connectivity index (χ4v) is 2.00. The summed E-state index contributed by atoms with van der Waals surface area (Å²) in [7, 11) is 0. The van der Waals surface area contributed by atoms with Crippen molar-refractivity contribution in [3.05, 3.63) is 78.1 Å². The Hall–Kier alpha value is -2.35. The highest BCUT2D eigenvalue weighted by Crippen LogP contribution is 2.21. The Morgan fingerprint density at radius 1 is 0.789 bits per heavy atom. The Labute approximate surface area is 111 Å². The SMILES string of the molecule is Fc1ccc(COc2ccc3ccccc3c2)cc1. The summed E-state index contributed by atoms with van der Waals surface area (Å²) >= 11 is 0. The molecule has 0 bridgehead atoms. The first-order valence-electron chi connectivity index (χ1n) is 6.17. The van der Waals surface area contributed by atoms with E-state index in [0.717, 1.165) is 16.7 Å². The molecule has 0 aromatic heterocycles. The lowest BCUT2D eigenvalue weighted by molar-refractivity contribution is 0.306. The van der Waals surface area contributed by atoms with Crippen molar-refractivity contribution >= 4 is 10.8 Å². The molecule has 1 nitrogen and oxygen atoms in total. The highest BCUT2D eigenvalue weighted by Gasteiger charge is 1.98. The van der Waals surface area contributed by atoms with Crippen molar-refractivity contribution in [3.8, 4) is 5.75 Å². The topological polar surface area (TPSA) is 9.23 Å². The molecule has 0 amide bonds. The molecule has 0 radical (unpaired) electrons. The highest BCUT2D eigenvalue weighted by molar-refractivity contribution is 5.83. The summed E-state index contributed by atoms with van der Waals surface area (Å²) in [6, 6.07) is 20.5. The third-order valence-corrected chi connectivity index (χ3v) is 3.04. The van der Waals surface area contributed by atoms with Crippen LogP contribution in [0.3, 0.4) is 0 Å². The van der Waals surface area contributed by atoms with E-state index >= 15 is 0 Å². The molecule has 3 aromatic carbocycles. The number of hydrogen-bond acceptors (Lipinski definition) is 1. The molecular formula is C17H13FO. The molecule has 94 valence electrons. The van der Waals surface area contributed by atoms with E-state index in [-0.39, 0.29) is 5.82 Å². The number of fused-ring (bicyclic) bond motifs is 1. The second-order valence-electron chi connectivity index (χ2n) is 4.42. The number of ether oxygens (including phenoxy) is 1. The Kier molecular flexibility index (Phi) is 3.15. The Bertz CT molecular complexity index is 689. The molecule has 0 aliphatic carbocycles. The van der Waals surface area contributed by atoms with Gasteiger partial charge < -0.3 is 4.74 Å². The Morgan fingerprint density at radius 2 is 1.53 bits per heavy atom. The van der Waals surface area contributed by atoms with Gasteiger partial charge in [0.15, 0.2) is 0 Å².